The van der Waals surface area contributed by atoms with Gasteiger partial charge in [-0.15, -0.1) is 0 Å². The van der Waals surface area contributed by atoms with Crippen LogP contribution in [0.25, 0.3) is 0 Å². The summed E-state index contributed by atoms with van der Waals surface area (Å²) in [6.45, 7) is 3.48. The summed E-state index contributed by atoms with van der Waals surface area (Å²) in [7, 11) is 0. The number of esters is 1. The van der Waals surface area contributed by atoms with Crippen LogP contribution in [-0.2, 0) is 9.47 Å². The van der Waals surface area contributed by atoms with Gasteiger partial charge in [-0.1, -0.05) is 11.6 Å². The Kier molecular flexibility index (Phi) is 5.09. The van der Waals surface area contributed by atoms with Crippen molar-refractivity contribution < 1.29 is 14.3 Å². The lowest BCUT2D eigenvalue weighted by molar-refractivity contribution is 0.0527. The largest absolute Gasteiger partial charge is 0.462 e. The predicted molar refractivity (Wildman–Crippen MR) is 79.3 cm³/mol. The van der Waals surface area contributed by atoms with E-state index in [1.165, 1.54) is 0 Å². The van der Waals surface area contributed by atoms with Gasteiger partial charge in [-0.2, -0.15) is 0 Å². The van der Waals surface area contributed by atoms with Crippen LogP contribution < -0.4 is 11.1 Å². The van der Waals surface area contributed by atoms with Gasteiger partial charge in [-0.25, -0.2) is 4.79 Å². The standard InChI is InChI=1S/C14H19ClN2O3/c1-2-20-14(18)11-7-9(16)8-12(15)13(11)17-10-3-5-19-6-4-10/h7-8,10,17H,2-6,16H2,1H3. The van der Waals surface area contributed by atoms with E-state index < -0.39 is 5.97 Å². The summed E-state index contributed by atoms with van der Waals surface area (Å²) in [6.07, 6.45) is 1.76. The molecule has 1 aromatic carbocycles. The Morgan fingerprint density at radius 1 is 1.50 bits per heavy atom. The number of anilines is 2. The molecular formula is C14H19ClN2O3. The van der Waals surface area contributed by atoms with Crippen molar-refractivity contribution in [2.45, 2.75) is 25.8 Å². The van der Waals surface area contributed by atoms with Crippen LogP contribution in [-0.4, -0.2) is 31.8 Å². The number of hydrogen-bond acceptors (Lipinski definition) is 5. The van der Waals surface area contributed by atoms with Crippen molar-refractivity contribution in [2.75, 3.05) is 30.9 Å². The van der Waals surface area contributed by atoms with Gasteiger partial charge in [0.15, 0.2) is 0 Å². The Morgan fingerprint density at radius 2 is 2.20 bits per heavy atom. The minimum absolute atomic E-state index is 0.234. The number of carbonyl (C=O) groups excluding carboxylic acids is 1. The fourth-order valence-corrected chi connectivity index (χ4v) is 2.47. The van der Waals surface area contributed by atoms with Crippen molar-refractivity contribution in [3.8, 4) is 0 Å². The summed E-state index contributed by atoms with van der Waals surface area (Å²) >= 11 is 6.22. The molecule has 1 aliphatic heterocycles. The lowest BCUT2D eigenvalue weighted by atomic mass is 10.1. The van der Waals surface area contributed by atoms with Crippen molar-refractivity contribution in [1.29, 1.82) is 0 Å². The lowest BCUT2D eigenvalue weighted by Crippen LogP contribution is -2.29. The molecule has 0 bridgehead atoms. The number of nitrogens with one attached hydrogen (secondary N) is 1. The van der Waals surface area contributed by atoms with Gasteiger partial charge in [0, 0.05) is 24.9 Å². The smallest absolute Gasteiger partial charge is 0.340 e. The van der Waals surface area contributed by atoms with E-state index in [0.29, 0.717) is 41.8 Å². The maximum absolute atomic E-state index is 12.0. The van der Waals surface area contributed by atoms with Crippen molar-refractivity contribution in [3.05, 3.63) is 22.7 Å². The van der Waals surface area contributed by atoms with Gasteiger partial charge in [0.25, 0.3) is 0 Å². The third-order valence-electron chi connectivity index (χ3n) is 3.18. The molecule has 1 aliphatic rings. The van der Waals surface area contributed by atoms with E-state index in [0.717, 1.165) is 12.8 Å². The van der Waals surface area contributed by atoms with Crippen molar-refractivity contribution >= 4 is 28.9 Å². The number of benzene rings is 1. The van der Waals surface area contributed by atoms with Crippen molar-refractivity contribution in [1.82, 2.24) is 0 Å². The van der Waals surface area contributed by atoms with Gasteiger partial charge >= 0.3 is 5.97 Å². The molecule has 0 aliphatic carbocycles. The molecule has 3 N–H and O–H groups in total. The van der Waals surface area contributed by atoms with Crippen LogP contribution in [0.2, 0.25) is 5.02 Å². The zero-order valence-corrected chi connectivity index (χ0v) is 12.2. The van der Waals surface area contributed by atoms with Gasteiger partial charge in [0.05, 0.1) is 22.9 Å². The summed E-state index contributed by atoms with van der Waals surface area (Å²) in [5.41, 5.74) is 7.16. The Labute approximate surface area is 123 Å². The maximum Gasteiger partial charge on any atom is 0.340 e. The minimum atomic E-state index is -0.420. The normalized spacial score (nSPS) is 15.9. The Bertz CT molecular complexity index is 488. The first kappa shape index (κ1) is 14.9. The molecular weight excluding hydrogens is 280 g/mol. The molecule has 0 saturated carbocycles. The van der Waals surface area contributed by atoms with E-state index in [9.17, 15) is 4.79 Å². The first-order valence-corrected chi connectivity index (χ1v) is 7.10. The summed E-state index contributed by atoms with van der Waals surface area (Å²) in [5.74, 6) is -0.420. The highest BCUT2D eigenvalue weighted by atomic mass is 35.5. The quantitative estimate of drug-likeness (QED) is 0.660. The molecule has 0 unspecified atom stereocenters. The Morgan fingerprint density at radius 3 is 2.85 bits per heavy atom. The SMILES string of the molecule is CCOC(=O)c1cc(N)cc(Cl)c1NC1CCOCC1. The molecule has 0 radical (unpaired) electrons. The second-order valence-corrected chi connectivity index (χ2v) is 5.08. The van der Waals surface area contributed by atoms with Crippen molar-refractivity contribution in [2.24, 2.45) is 0 Å². The zero-order chi connectivity index (χ0) is 14.5. The van der Waals surface area contributed by atoms with Crippen LogP contribution in [0.5, 0.6) is 0 Å². The molecule has 1 heterocycles. The molecule has 1 fully saturated rings. The van der Waals surface area contributed by atoms with Gasteiger partial charge in [-0.05, 0) is 31.9 Å². The third-order valence-corrected chi connectivity index (χ3v) is 3.48. The van der Waals surface area contributed by atoms with Crippen LogP contribution in [0.4, 0.5) is 11.4 Å². The summed E-state index contributed by atoms with van der Waals surface area (Å²) < 4.78 is 10.4. The molecule has 0 atom stereocenters. The molecule has 1 aromatic rings. The number of halogens is 1. The Hall–Kier alpha value is -1.46. The van der Waals surface area contributed by atoms with E-state index in [2.05, 4.69) is 5.32 Å². The first-order valence-electron chi connectivity index (χ1n) is 6.72. The van der Waals surface area contributed by atoms with Gasteiger partial charge < -0.3 is 20.5 Å². The average molecular weight is 299 g/mol. The fraction of sp³-hybridized carbons (Fsp3) is 0.500. The summed E-state index contributed by atoms with van der Waals surface area (Å²) in [6, 6.07) is 3.45. The van der Waals surface area contributed by atoms with E-state index in [-0.39, 0.29) is 6.04 Å². The number of hydrogen-bond donors (Lipinski definition) is 2. The molecule has 5 nitrogen and oxygen atoms in total. The zero-order valence-electron chi connectivity index (χ0n) is 11.4. The van der Waals surface area contributed by atoms with E-state index >= 15 is 0 Å². The van der Waals surface area contributed by atoms with Crippen LogP contribution in [0.1, 0.15) is 30.1 Å². The molecule has 110 valence electrons. The fourth-order valence-electron chi connectivity index (χ4n) is 2.19. The molecule has 0 aromatic heterocycles. The highest BCUT2D eigenvalue weighted by Crippen LogP contribution is 2.31. The first-order chi connectivity index (χ1) is 9.61. The van der Waals surface area contributed by atoms with Gasteiger partial charge in [0.2, 0.25) is 0 Å². The second-order valence-electron chi connectivity index (χ2n) is 4.68. The monoisotopic (exact) mass is 298 g/mol. The number of rotatable bonds is 4. The number of ether oxygens (including phenoxy) is 2. The second kappa shape index (κ2) is 6.81. The topological polar surface area (TPSA) is 73.6 Å². The molecule has 1 saturated heterocycles. The number of nitrogen functional groups attached to an aromatic ring is 1. The Balaban J connectivity index is 2.26. The minimum Gasteiger partial charge on any atom is -0.462 e. The maximum atomic E-state index is 12.0. The van der Waals surface area contributed by atoms with Gasteiger partial charge in [-0.3, -0.25) is 0 Å². The molecule has 0 spiro atoms. The van der Waals surface area contributed by atoms with Crippen molar-refractivity contribution in [3.63, 3.8) is 0 Å². The highest BCUT2D eigenvalue weighted by Gasteiger charge is 2.21. The summed E-state index contributed by atoms with van der Waals surface area (Å²) in [5, 5.41) is 3.75. The molecule has 20 heavy (non-hydrogen) atoms. The van der Waals surface area contributed by atoms with Crippen LogP contribution in [0.3, 0.4) is 0 Å². The number of carbonyl (C=O) groups is 1. The molecule has 0 amide bonds. The van der Waals surface area contributed by atoms with E-state index in [1.54, 1.807) is 19.1 Å². The molecule has 6 heteroatoms. The van der Waals surface area contributed by atoms with Gasteiger partial charge in [0.1, 0.15) is 0 Å². The molecule has 2 rings (SSSR count). The lowest BCUT2D eigenvalue weighted by Gasteiger charge is -2.25. The highest BCUT2D eigenvalue weighted by molar-refractivity contribution is 6.34. The van der Waals surface area contributed by atoms with Crippen LogP contribution >= 0.6 is 11.6 Å². The van der Waals surface area contributed by atoms with Crippen LogP contribution in [0, 0.1) is 0 Å². The van der Waals surface area contributed by atoms with Crippen LogP contribution in [0.15, 0.2) is 12.1 Å². The summed E-state index contributed by atoms with van der Waals surface area (Å²) in [4.78, 5) is 12.0. The van der Waals surface area contributed by atoms with E-state index in [1.807, 2.05) is 0 Å². The average Bonchev–Trinajstić information content (AvgIpc) is 2.43. The third kappa shape index (κ3) is 3.55. The number of nitrogens with two attached hydrogens (primary N) is 1. The predicted octanol–water partition coefficient (Wildman–Crippen LogP) is 2.69. The van der Waals surface area contributed by atoms with E-state index in [4.69, 9.17) is 26.8 Å².